The molecule has 4 aromatic rings. The summed E-state index contributed by atoms with van der Waals surface area (Å²) in [5.41, 5.74) is 3.53. The van der Waals surface area contributed by atoms with Crippen molar-refractivity contribution in [2.45, 2.75) is 64.5 Å². The average molecular weight is 450 g/mol. The van der Waals surface area contributed by atoms with Gasteiger partial charge in [-0.25, -0.2) is 0 Å². The van der Waals surface area contributed by atoms with Crippen molar-refractivity contribution < 1.29 is 9.47 Å². The van der Waals surface area contributed by atoms with Crippen LogP contribution in [-0.2, 0) is 4.74 Å². The van der Waals surface area contributed by atoms with Gasteiger partial charge >= 0.3 is 0 Å². The van der Waals surface area contributed by atoms with Crippen LogP contribution in [0.15, 0.2) is 24.5 Å². The number of nitrogens with zero attached hydrogens (tertiary/aromatic N) is 5. The van der Waals surface area contributed by atoms with E-state index < -0.39 is 0 Å². The molecule has 0 saturated heterocycles. The van der Waals surface area contributed by atoms with Gasteiger partial charge in [0, 0.05) is 36.2 Å². The summed E-state index contributed by atoms with van der Waals surface area (Å²) in [7, 11) is 1.65. The average Bonchev–Trinajstić information content (AvgIpc) is 3.42. The lowest BCUT2D eigenvalue weighted by molar-refractivity contribution is -0.0574. The van der Waals surface area contributed by atoms with E-state index in [-0.39, 0.29) is 5.60 Å². The molecule has 0 atom stereocenters. The van der Waals surface area contributed by atoms with Crippen molar-refractivity contribution in [2.75, 3.05) is 19.0 Å². The summed E-state index contributed by atoms with van der Waals surface area (Å²) in [6.45, 7) is 7.14. The molecule has 0 unspecified atom stereocenters. The van der Waals surface area contributed by atoms with Crippen molar-refractivity contribution in [2.24, 2.45) is 0 Å². The normalized spacial score (nSPS) is 21.0. The predicted molar refractivity (Wildman–Crippen MR) is 128 cm³/mol. The van der Waals surface area contributed by atoms with Gasteiger partial charge in [0.05, 0.1) is 18.1 Å². The Hall–Kier alpha value is -3.20. The van der Waals surface area contributed by atoms with E-state index in [9.17, 15) is 0 Å². The fourth-order valence-electron chi connectivity index (χ4n) is 4.65. The first-order valence-corrected chi connectivity index (χ1v) is 11.6. The smallest absolute Gasteiger partial charge is 0.228 e. The molecule has 1 aliphatic carbocycles. The van der Waals surface area contributed by atoms with Crippen molar-refractivity contribution in [3.8, 4) is 17.0 Å². The molecule has 0 radical (unpaired) electrons. The number of methoxy groups -OCH3 is 1. The minimum absolute atomic E-state index is 0.0186. The van der Waals surface area contributed by atoms with Crippen molar-refractivity contribution in [1.29, 1.82) is 0 Å². The highest BCUT2D eigenvalue weighted by atomic mass is 16.5. The van der Waals surface area contributed by atoms with E-state index in [1.165, 1.54) is 0 Å². The molecule has 174 valence electrons. The molecule has 4 aromatic heterocycles. The second-order valence-corrected chi connectivity index (χ2v) is 9.09. The summed E-state index contributed by atoms with van der Waals surface area (Å²) in [5.74, 6) is 1.97. The molecule has 0 spiro atoms. The summed E-state index contributed by atoms with van der Waals surface area (Å²) in [4.78, 5) is 12.8. The number of ether oxygens (including phenoxy) is 2. The van der Waals surface area contributed by atoms with Crippen LogP contribution in [-0.4, -0.2) is 54.9 Å². The minimum atomic E-state index is -0.0186. The number of hydrogen-bond donors (Lipinski definition) is 2. The van der Waals surface area contributed by atoms with E-state index >= 15 is 0 Å². The SMILES string of the molecule is CCCOC1(C)CCC(Nc2nc(OC)c3c(-c4ccc5nnc(C)n5c4)c[nH]c3n2)CC1. The summed E-state index contributed by atoms with van der Waals surface area (Å²) in [6, 6.07) is 4.30. The van der Waals surface area contributed by atoms with Gasteiger partial charge < -0.3 is 19.8 Å². The molecule has 0 aliphatic heterocycles. The third-order valence-electron chi connectivity index (χ3n) is 6.61. The molecule has 0 bridgehead atoms. The first kappa shape index (κ1) is 21.6. The van der Waals surface area contributed by atoms with Gasteiger partial charge in [-0.1, -0.05) is 6.92 Å². The van der Waals surface area contributed by atoms with Crippen molar-refractivity contribution in [1.82, 2.24) is 29.5 Å². The maximum absolute atomic E-state index is 6.09. The predicted octanol–water partition coefficient (Wildman–Crippen LogP) is 4.52. The summed E-state index contributed by atoms with van der Waals surface area (Å²) >= 11 is 0. The first-order valence-electron chi connectivity index (χ1n) is 11.6. The van der Waals surface area contributed by atoms with Crippen LogP contribution in [0.25, 0.3) is 27.8 Å². The Bertz CT molecular complexity index is 1270. The Kier molecular flexibility index (Phi) is 5.65. The number of pyridine rings is 1. The largest absolute Gasteiger partial charge is 0.480 e. The number of hydrogen-bond acceptors (Lipinski definition) is 7. The van der Waals surface area contributed by atoms with Crippen molar-refractivity contribution in [3.63, 3.8) is 0 Å². The highest BCUT2D eigenvalue weighted by Gasteiger charge is 2.32. The van der Waals surface area contributed by atoms with E-state index in [1.54, 1.807) is 7.11 Å². The fourth-order valence-corrected chi connectivity index (χ4v) is 4.65. The summed E-state index contributed by atoms with van der Waals surface area (Å²) < 4.78 is 13.8. The van der Waals surface area contributed by atoms with Gasteiger partial charge in [-0.2, -0.15) is 9.97 Å². The summed E-state index contributed by atoms with van der Waals surface area (Å²) in [5, 5.41) is 12.7. The number of H-pyrrole nitrogens is 1. The van der Waals surface area contributed by atoms with E-state index in [1.807, 2.05) is 35.9 Å². The zero-order chi connectivity index (χ0) is 23.0. The van der Waals surface area contributed by atoms with Crippen LogP contribution in [0.4, 0.5) is 5.95 Å². The Balaban J connectivity index is 1.40. The minimum Gasteiger partial charge on any atom is -0.480 e. The quantitative estimate of drug-likeness (QED) is 0.427. The van der Waals surface area contributed by atoms with Gasteiger partial charge in [0.15, 0.2) is 5.65 Å². The molecular weight excluding hydrogens is 418 g/mol. The second-order valence-electron chi connectivity index (χ2n) is 9.09. The van der Waals surface area contributed by atoms with E-state index in [4.69, 9.17) is 19.4 Å². The molecule has 2 N–H and O–H groups in total. The molecule has 4 heterocycles. The molecule has 9 nitrogen and oxygen atoms in total. The van der Waals surface area contributed by atoms with E-state index in [0.29, 0.717) is 17.9 Å². The topological polar surface area (TPSA) is 102 Å². The van der Waals surface area contributed by atoms with Gasteiger partial charge in [-0.05, 0) is 58.1 Å². The van der Waals surface area contributed by atoms with Crippen molar-refractivity contribution in [3.05, 3.63) is 30.4 Å². The first-order chi connectivity index (χ1) is 16.0. The van der Waals surface area contributed by atoms with Crippen LogP contribution in [0.1, 0.15) is 51.8 Å². The fraction of sp³-hybridized carbons (Fsp3) is 0.500. The number of aromatic amines is 1. The lowest BCUT2D eigenvalue weighted by Crippen LogP contribution is -2.38. The van der Waals surface area contributed by atoms with Crippen LogP contribution in [0.3, 0.4) is 0 Å². The maximum Gasteiger partial charge on any atom is 0.228 e. The molecular formula is C24H31N7O2. The molecule has 33 heavy (non-hydrogen) atoms. The zero-order valence-electron chi connectivity index (χ0n) is 19.7. The standard InChI is InChI=1S/C24H31N7O2/c1-5-12-33-24(3)10-8-17(9-11-24)26-23-27-21-20(22(28-23)32-4)18(13-25-21)16-6-7-19-30-29-15(2)31(19)14-16/h6-7,13-14,17H,5,8-12H2,1-4H3,(H2,25,26,27,28). The molecule has 0 aromatic carbocycles. The van der Waals surface area contributed by atoms with Crippen LogP contribution in [0.5, 0.6) is 5.88 Å². The molecule has 9 heteroatoms. The van der Waals surface area contributed by atoms with E-state index in [2.05, 4.69) is 34.3 Å². The Morgan fingerprint density at radius 2 is 2.03 bits per heavy atom. The maximum atomic E-state index is 6.09. The Morgan fingerprint density at radius 3 is 2.79 bits per heavy atom. The number of anilines is 1. The van der Waals surface area contributed by atoms with Crippen LogP contribution >= 0.6 is 0 Å². The lowest BCUT2D eigenvalue weighted by Gasteiger charge is -2.37. The third kappa shape index (κ3) is 4.13. The van der Waals surface area contributed by atoms with Gasteiger partial charge in [-0.3, -0.25) is 4.40 Å². The zero-order valence-corrected chi connectivity index (χ0v) is 19.7. The Morgan fingerprint density at radius 1 is 1.21 bits per heavy atom. The van der Waals surface area contributed by atoms with Crippen LogP contribution in [0, 0.1) is 6.92 Å². The number of aryl methyl sites for hydroxylation is 1. The number of rotatable bonds is 7. The lowest BCUT2D eigenvalue weighted by atomic mass is 9.83. The Labute approximate surface area is 192 Å². The number of nitrogens with one attached hydrogen (secondary N) is 2. The molecule has 5 rings (SSSR count). The second kappa shape index (κ2) is 8.62. The molecule has 0 amide bonds. The molecule has 1 aliphatic rings. The van der Waals surface area contributed by atoms with Crippen LogP contribution in [0.2, 0.25) is 0 Å². The number of aromatic nitrogens is 6. The summed E-state index contributed by atoms with van der Waals surface area (Å²) in [6.07, 6.45) is 9.14. The number of fused-ring (bicyclic) bond motifs is 2. The van der Waals surface area contributed by atoms with Gasteiger partial charge in [0.25, 0.3) is 0 Å². The molecule has 1 fully saturated rings. The monoisotopic (exact) mass is 449 g/mol. The van der Waals surface area contributed by atoms with E-state index in [0.717, 1.165) is 72.3 Å². The van der Waals surface area contributed by atoms with Gasteiger partial charge in [0.1, 0.15) is 11.5 Å². The molecule has 1 saturated carbocycles. The highest BCUT2D eigenvalue weighted by Crippen LogP contribution is 2.36. The van der Waals surface area contributed by atoms with Crippen LogP contribution < -0.4 is 10.1 Å². The van der Waals surface area contributed by atoms with Gasteiger partial charge in [0.2, 0.25) is 11.8 Å². The highest BCUT2D eigenvalue weighted by molar-refractivity contribution is 5.97. The van der Waals surface area contributed by atoms with Crippen molar-refractivity contribution >= 4 is 22.6 Å². The van der Waals surface area contributed by atoms with Gasteiger partial charge in [-0.15, -0.1) is 10.2 Å². The third-order valence-corrected chi connectivity index (χ3v) is 6.61.